The van der Waals surface area contributed by atoms with E-state index in [2.05, 4.69) is 0 Å². The van der Waals surface area contributed by atoms with Crippen molar-refractivity contribution in [2.45, 2.75) is 19.1 Å². The van der Waals surface area contributed by atoms with Crippen molar-refractivity contribution in [1.82, 2.24) is 0 Å². The molecule has 1 aliphatic rings. The first-order valence-electron chi connectivity index (χ1n) is 6.51. The Kier molecular flexibility index (Phi) is 3.37. The van der Waals surface area contributed by atoms with Crippen molar-refractivity contribution in [3.05, 3.63) is 59.7 Å². The smallest absolute Gasteiger partial charge is 0.416 e. The van der Waals surface area contributed by atoms with Gasteiger partial charge in [0.2, 0.25) is 0 Å². The highest BCUT2D eigenvalue weighted by Gasteiger charge is 2.33. The molecule has 0 fully saturated rings. The molecule has 0 atom stereocenters. The molecule has 0 saturated heterocycles. The molecule has 0 amide bonds. The van der Waals surface area contributed by atoms with E-state index in [4.69, 9.17) is 10.5 Å². The molecule has 5 heteroatoms. The summed E-state index contributed by atoms with van der Waals surface area (Å²) >= 11 is 0. The summed E-state index contributed by atoms with van der Waals surface area (Å²) in [7, 11) is 0. The molecule has 1 heterocycles. The Balaban J connectivity index is 2.19. The second-order valence-corrected chi connectivity index (χ2v) is 4.90. The molecule has 2 N–H and O–H groups in total. The molecule has 2 aromatic carbocycles. The lowest BCUT2D eigenvalue weighted by Gasteiger charge is -2.14. The number of nitrogens with two attached hydrogens (primary N) is 1. The number of rotatable bonds is 2. The molecule has 1 aliphatic heterocycles. The van der Waals surface area contributed by atoms with Gasteiger partial charge in [0.1, 0.15) is 12.4 Å². The van der Waals surface area contributed by atoms with E-state index in [0.717, 1.165) is 17.7 Å². The third kappa shape index (κ3) is 2.61. The zero-order valence-electron chi connectivity index (χ0n) is 11.1. The van der Waals surface area contributed by atoms with Gasteiger partial charge < -0.3 is 10.5 Å². The molecule has 2 aromatic rings. The van der Waals surface area contributed by atoms with E-state index in [1.54, 1.807) is 18.2 Å². The zero-order valence-corrected chi connectivity index (χ0v) is 11.1. The van der Waals surface area contributed by atoms with E-state index >= 15 is 0 Å². The normalized spacial score (nSPS) is 13.9. The summed E-state index contributed by atoms with van der Waals surface area (Å²) in [5.41, 5.74) is 7.47. The van der Waals surface area contributed by atoms with Gasteiger partial charge in [0, 0.05) is 18.5 Å². The van der Waals surface area contributed by atoms with E-state index in [-0.39, 0.29) is 0 Å². The second-order valence-electron chi connectivity index (χ2n) is 4.90. The van der Waals surface area contributed by atoms with Crippen molar-refractivity contribution in [2.75, 3.05) is 0 Å². The monoisotopic (exact) mass is 292 g/mol. The van der Waals surface area contributed by atoms with Crippen LogP contribution in [0.25, 0.3) is 11.1 Å². The summed E-state index contributed by atoms with van der Waals surface area (Å²) in [6.07, 6.45) is -4.00. The molecule has 0 spiro atoms. The first-order valence-corrected chi connectivity index (χ1v) is 6.51. The minimum Gasteiger partial charge on any atom is -0.485 e. The van der Waals surface area contributed by atoms with Gasteiger partial charge in [-0.1, -0.05) is 18.2 Å². The van der Waals surface area contributed by atoms with Crippen molar-refractivity contribution >= 4 is 0 Å². The third-order valence-electron chi connectivity index (χ3n) is 3.47. The van der Waals surface area contributed by atoms with E-state index in [0.29, 0.717) is 35.4 Å². The first-order chi connectivity index (χ1) is 9.99. The number of fused-ring (bicyclic) bond motifs is 1. The molecule has 3 rings (SSSR count). The molecule has 0 saturated carbocycles. The molecular weight excluding hydrogens is 279 g/mol. The maximum absolute atomic E-state index is 13.0. The van der Waals surface area contributed by atoms with Gasteiger partial charge in [0.05, 0.1) is 5.56 Å². The van der Waals surface area contributed by atoms with E-state index in [1.807, 2.05) is 6.07 Å². The van der Waals surface area contributed by atoms with Crippen LogP contribution in [0.4, 0.5) is 13.2 Å². The van der Waals surface area contributed by atoms with Gasteiger partial charge in [-0.25, -0.2) is 0 Å². The van der Waals surface area contributed by atoms with Crippen LogP contribution in [0.15, 0.2) is 36.4 Å². The van der Waals surface area contributed by atoms with Gasteiger partial charge in [0.15, 0.2) is 0 Å². The molecular formula is C16H13F3NO. The van der Waals surface area contributed by atoms with Crippen LogP contribution in [0, 0.1) is 6.61 Å². The lowest BCUT2D eigenvalue weighted by Crippen LogP contribution is -2.06. The van der Waals surface area contributed by atoms with Crippen LogP contribution in [-0.2, 0) is 19.1 Å². The predicted octanol–water partition coefficient (Wildman–Crippen LogP) is 3.93. The molecule has 0 aliphatic carbocycles. The summed E-state index contributed by atoms with van der Waals surface area (Å²) in [5, 5.41) is 0. The molecule has 2 nitrogen and oxygen atoms in total. The van der Waals surface area contributed by atoms with Crippen molar-refractivity contribution in [3.63, 3.8) is 0 Å². The second kappa shape index (κ2) is 5.07. The molecule has 0 aromatic heterocycles. The summed E-state index contributed by atoms with van der Waals surface area (Å²) in [6.45, 7) is 1.85. The molecule has 0 unspecified atom stereocenters. The quantitative estimate of drug-likeness (QED) is 0.910. The van der Waals surface area contributed by atoms with Crippen LogP contribution >= 0.6 is 0 Å². The van der Waals surface area contributed by atoms with Crippen LogP contribution in [0.2, 0.25) is 0 Å². The number of ether oxygens (including phenoxy) is 1. The average Bonchev–Trinajstić information content (AvgIpc) is 2.93. The summed E-state index contributed by atoms with van der Waals surface area (Å²) in [5.74, 6) is 0.497. The summed E-state index contributed by atoms with van der Waals surface area (Å²) in [6, 6.07) is 9.45. The zero-order chi connectivity index (χ0) is 15.0. The highest BCUT2D eigenvalue weighted by Crippen LogP contribution is 2.42. The van der Waals surface area contributed by atoms with Gasteiger partial charge in [-0.15, -0.1) is 0 Å². The van der Waals surface area contributed by atoms with Crippen LogP contribution in [0.1, 0.15) is 16.7 Å². The molecule has 1 radical (unpaired) electrons. The van der Waals surface area contributed by atoms with E-state index in [1.165, 1.54) is 6.61 Å². The van der Waals surface area contributed by atoms with Crippen LogP contribution in [0.3, 0.4) is 0 Å². The standard InChI is InChI=1S/C16H13F3NO/c17-16(18,19)13-7-12-4-5-21-15(12)14(8-13)11-3-1-2-10(6-11)9-20/h1-3,5-8H,4,9,20H2. The number of hydrogen-bond acceptors (Lipinski definition) is 2. The fourth-order valence-corrected chi connectivity index (χ4v) is 2.44. The minimum atomic E-state index is -4.38. The molecule has 109 valence electrons. The summed E-state index contributed by atoms with van der Waals surface area (Å²) < 4.78 is 44.5. The average molecular weight is 292 g/mol. The Labute approximate surface area is 120 Å². The van der Waals surface area contributed by atoms with Crippen LogP contribution < -0.4 is 10.5 Å². The fourth-order valence-electron chi connectivity index (χ4n) is 2.44. The number of benzene rings is 2. The van der Waals surface area contributed by atoms with Gasteiger partial charge in [-0.3, -0.25) is 0 Å². The van der Waals surface area contributed by atoms with Crippen molar-refractivity contribution in [2.24, 2.45) is 5.73 Å². The fraction of sp³-hybridized carbons (Fsp3) is 0.188. The van der Waals surface area contributed by atoms with Gasteiger partial charge >= 0.3 is 6.18 Å². The molecule has 21 heavy (non-hydrogen) atoms. The Morgan fingerprint density at radius 3 is 2.67 bits per heavy atom. The third-order valence-corrected chi connectivity index (χ3v) is 3.47. The topological polar surface area (TPSA) is 35.2 Å². The molecule has 0 bridgehead atoms. The Morgan fingerprint density at radius 2 is 1.95 bits per heavy atom. The lowest BCUT2D eigenvalue weighted by molar-refractivity contribution is -0.137. The van der Waals surface area contributed by atoms with Crippen molar-refractivity contribution in [3.8, 4) is 16.9 Å². The SMILES string of the molecule is NCc1cccc(-c2cc(C(F)(F)F)cc3c2O[CH]C3)c1. The largest absolute Gasteiger partial charge is 0.485 e. The van der Waals surface area contributed by atoms with E-state index < -0.39 is 11.7 Å². The maximum Gasteiger partial charge on any atom is 0.416 e. The minimum absolute atomic E-state index is 0.335. The highest BCUT2D eigenvalue weighted by atomic mass is 19.4. The predicted molar refractivity (Wildman–Crippen MR) is 73.4 cm³/mol. The van der Waals surface area contributed by atoms with Crippen LogP contribution in [-0.4, -0.2) is 0 Å². The van der Waals surface area contributed by atoms with E-state index in [9.17, 15) is 13.2 Å². The lowest BCUT2D eigenvalue weighted by atomic mass is 9.96. The maximum atomic E-state index is 13.0. The summed E-state index contributed by atoms with van der Waals surface area (Å²) in [4.78, 5) is 0. The Morgan fingerprint density at radius 1 is 1.14 bits per heavy atom. The van der Waals surface area contributed by atoms with Gasteiger partial charge in [-0.2, -0.15) is 13.2 Å². The number of hydrogen-bond donors (Lipinski definition) is 1. The number of halogens is 3. The highest BCUT2D eigenvalue weighted by molar-refractivity contribution is 5.74. The van der Waals surface area contributed by atoms with Gasteiger partial charge in [0.25, 0.3) is 0 Å². The Bertz CT molecular complexity index is 680. The first kappa shape index (κ1) is 13.9. The van der Waals surface area contributed by atoms with Crippen LogP contribution in [0.5, 0.6) is 5.75 Å². The van der Waals surface area contributed by atoms with Gasteiger partial charge in [-0.05, 0) is 34.9 Å². The van der Waals surface area contributed by atoms with Crippen molar-refractivity contribution in [1.29, 1.82) is 0 Å². The number of alkyl halides is 3. The van der Waals surface area contributed by atoms with Crippen molar-refractivity contribution < 1.29 is 17.9 Å². The Hall–Kier alpha value is -2.01.